The lowest BCUT2D eigenvalue weighted by Crippen LogP contribution is -2.27. The molecule has 5 rings (SSSR count). The van der Waals surface area contributed by atoms with E-state index in [1.54, 1.807) is 0 Å². The van der Waals surface area contributed by atoms with E-state index in [9.17, 15) is 0 Å². The average Bonchev–Trinajstić information content (AvgIpc) is 3.97. The van der Waals surface area contributed by atoms with E-state index < -0.39 is 0 Å². The minimum absolute atomic E-state index is 0.0575. The van der Waals surface area contributed by atoms with Crippen LogP contribution >= 0.6 is 0 Å². The van der Waals surface area contributed by atoms with Gasteiger partial charge < -0.3 is 24.4 Å². The Morgan fingerprint density at radius 2 is 0.778 bits per heavy atom. The summed E-state index contributed by atoms with van der Waals surface area (Å²) in [6, 6.07) is 41.7. The molecule has 4 aromatic rings. The SMILES string of the molecule is C1CO1.OCCN(Cc1ccccc1)Cc1ccccc1.OCCOCCOCCN(Cc1ccccc1)Cc1ccccc1. The van der Waals surface area contributed by atoms with Gasteiger partial charge in [-0.3, -0.25) is 9.80 Å². The second kappa shape index (κ2) is 23.9. The third kappa shape index (κ3) is 18.2. The van der Waals surface area contributed by atoms with Gasteiger partial charge in [0.15, 0.2) is 0 Å². The number of epoxide rings is 1. The molecule has 1 aliphatic heterocycles. The Bertz CT molecular complexity index is 1130. The molecule has 1 fully saturated rings. The first-order valence-electron chi connectivity index (χ1n) is 15.8. The molecule has 0 bridgehead atoms. The molecule has 7 nitrogen and oxygen atoms in total. The quantitative estimate of drug-likeness (QED) is 0.115. The molecular formula is C38H50N2O5. The Kier molecular flexibility index (Phi) is 19.2. The summed E-state index contributed by atoms with van der Waals surface area (Å²) in [5.74, 6) is 0. The molecule has 45 heavy (non-hydrogen) atoms. The Morgan fingerprint density at radius 1 is 0.444 bits per heavy atom. The van der Waals surface area contributed by atoms with Gasteiger partial charge in [0.1, 0.15) is 0 Å². The van der Waals surface area contributed by atoms with Crippen molar-refractivity contribution in [3.63, 3.8) is 0 Å². The van der Waals surface area contributed by atoms with E-state index in [4.69, 9.17) is 19.7 Å². The van der Waals surface area contributed by atoms with E-state index in [1.807, 2.05) is 24.3 Å². The van der Waals surface area contributed by atoms with Gasteiger partial charge in [0.05, 0.1) is 52.9 Å². The lowest BCUT2D eigenvalue weighted by atomic mass is 10.1. The number of aliphatic hydroxyl groups is 2. The van der Waals surface area contributed by atoms with E-state index in [0.29, 0.717) is 33.0 Å². The second-order valence-electron chi connectivity index (χ2n) is 10.6. The van der Waals surface area contributed by atoms with Crippen LogP contribution in [0, 0.1) is 0 Å². The van der Waals surface area contributed by atoms with Gasteiger partial charge >= 0.3 is 0 Å². The summed E-state index contributed by atoms with van der Waals surface area (Å²) in [7, 11) is 0. The summed E-state index contributed by atoms with van der Waals surface area (Å²) in [5, 5.41) is 17.8. The van der Waals surface area contributed by atoms with Crippen LogP contribution in [0.15, 0.2) is 121 Å². The summed E-state index contributed by atoms with van der Waals surface area (Å²) in [4.78, 5) is 4.64. The van der Waals surface area contributed by atoms with Gasteiger partial charge in [0.2, 0.25) is 0 Å². The fourth-order valence-electron chi connectivity index (χ4n) is 4.52. The molecule has 4 aromatic carbocycles. The van der Waals surface area contributed by atoms with Crippen molar-refractivity contribution >= 4 is 0 Å². The van der Waals surface area contributed by atoms with Crippen LogP contribution in [-0.4, -0.2) is 86.0 Å². The second-order valence-corrected chi connectivity index (χ2v) is 10.6. The zero-order chi connectivity index (χ0) is 31.6. The maximum atomic E-state index is 9.15. The molecular weight excluding hydrogens is 564 g/mol. The highest BCUT2D eigenvalue weighted by Crippen LogP contribution is 2.11. The molecule has 0 aromatic heterocycles. The number of hydrogen-bond donors (Lipinski definition) is 2. The van der Waals surface area contributed by atoms with Gasteiger partial charge in [-0.1, -0.05) is 121 Å². The number of benzene rings is 4. The smallest absolute Gasteiger partial charge is 0.0701 e. The molecule has 0 aliphatic carbocycles. The number of nitrogens with zero attached hydrogens (tertiary/aromatic N) is 2. The standard InChI is InChI=1S/C20H27NO3.C16H19NO.C2H4O/c22-12-14-24-16-15-23-13-11-21(17-19-7-3-1-4-8-19)18-20-9-5-2-6-10-20;18-12-11-17(13-15-7-3-1-4-8-15)14-16-9-5-2-6-10-16;1-2-3-1/h1-10,22H,11-18H2;1-10,18H,11-14H2;1-2H2. The molecule has 1 aliphatic rings. The molecule has 2 N–H and O–H groups in total. The lowest BCUT2D eigenvalue weighted by molar-refractivity contribution is 0.0252. The first-order valence-corrected chi connectivity index (χ1v) is 15.8. The molecule has 1 heterocycles. The third-order valence-electron chi connectivity index (χ3n) is 6.78. The minimum Gasteiger partial charge on any atom is -0.395 e. The molecule has 0 spiro atoms. The predicted octanol–water partition coefficient (Wildman–Crippen LogP) is 5.41. The Hall–Kier alpha value is -3.40. The molecule has 0 unspecified atom stereocenters. The monoisotopic (exact) mass is 614 g/mol. The minimum atomic E-state index is 0.0575. The normalized spacial score (nSPS) is 11.8. The van der Waals surface area contributed by atoms with E-state index in [-0.39, 0.29) is 13.2 Å². The summed E-state index contributed by atoms with van der Waals surface area (Å²) in [6.45, 7) is 9.49. The van der Waals surface area contributed by atoms with Crippen molar-refractivity contribution in [1.82, 2.24) is 9.80 Å². The van der Waals surface area contributed by atoms with E-state index in [1.165, 1.54) is 22.3 Å². The van der Waals surface area contributed by atoms with Crippen LogP contribution in [0.5, 0.6) is 0 Å². The van der Waals surface area contributed by atoms with Crippen LogP contribution < -0.4 is 0 Å². The molecule has 7 heteroatoms. The van der Waals surface area contributed by atoms with Gasteiger partial charge in [0, 0.05) is 39.3 Å². The lowest BCUT2D eigenvalue weighted by Gasteiger charge is -2.22. The van der Waals surface area contributed by atoms with Gasteiger partial charge in [0.25, 0.3) is 0 Å². The van der Waals surface area contributed by atoms with Crippen LogP contribution in [0.4, 0.5) is 0 Å². The number of aliphatic hydroxyl groups excluding tert-OH is 2. The van der Waals surface area contributed by atoms with Crippen LogP contribution in [-0.2, 0) is 40.4 Å². The van der Waals surface area contributed by atoms with Gasteiger partial charge in [-0.2, -0.15) is 0 Å². The van der Waals surface area contributed by atoms with Crippen molar-refractivity contribution in [2.24, 2.45) is 0 Å². The van der Waals surface area contributed by atoms with Crippen LogP contribution in [0.1, 0.15) is 22.3 Å². The fraction of sp³-hybridized carbons (Fsp3) is 0.368. The Labute approximate surface area is 269 Å². The summed E-state index contributed by atoms with van der Waals surface area (Å²) in [5.41, 5.74) is 5.17. The van der Waals surface area contributed by atoms with Gasteiger partial charge in [-0.25, -0.2) is 0 Å². The van der Waals surface area contributed by atoms with E-state index in [2.05, 4.69) is 112 Å². The predicted molar refractivity (Wildman–Crippen MR) is 181 cm³/mol. The van der Waals surface area contributed by atoms with Crippen molar-refractivity contribution in [2.75, 3.05) is 65.9 Å². The summed E-state index contributed by atoms with van der Waals surface area (Å²) >= 11 is 0. The van der Waals surface area contributed by atoms with E-state index in [0.717, 1.165) is 45.9 Å². The zero-order valence-corrected chi connectivity index (χ0v) is 26.5. The Morgan fingerprint density at radius 3 is 1.09 bits per heavy atom. The largest absolute Gasteiger partial charge is 0.395 e. The van der Waals surface area contributed by atoms with Crippen molar-refractivity contribution in [3.05, 3.63) is 144 Å². The summed E-state index contributed by atoms with van der Waals surface area (Å²) in [6.07, 6.45) is 0. The summed E-state index contributed by atoms with van der Waals surface area (Å²) < 4.78 is 15.3. The number of ether oxygens (including phenoxy) is 3. The first kappa shape index (κ1) is 36.1. The van der Waals surface area contributed by atoms with Gasteiger partial charge in [-0.05, 0) is 22.3 Å². The number of hydrogen-bond acceptors (Lipinski definition) is 7. The maximum Gasteiger partial charge on any atom is 0.0701 e. The van der Waals surface area contributed by atoms with Crippen molar-refractivity contribution < 1.29 is 24.4 Å². The molecule has 0 atom stereocenters. The highest BCUT2D eigenvalue weighted by atomic mass is 16.6. The molecule has 1 saturated heterocycles. The van der Waals surface area contributed by atoms with Crippen molar-refractivity contribution in [1.29, 1.82) is 0 Å². The zero-order valence-electron chi connectivity index (χ0n) is 26.5. The highest BCUT2D eigenvalue weighted by Gasteiger charge is 2.08. The fourth-order valence-corrected chi connectivity index (χ4v) is 4.52. The van der Waals surface area contributed by atoms with Crippen molar-refractivity contribution in [2.45, 2.75) is 26.2 Å². The molecule has 0 amide bonds. The van der Waals surface area contributed by atoms with Gasteiger partial charge in [-0.15, -0.1) is 0 Å². The van der Waals surface area contributed by atoms with Crippen molar-refractivity contribution in [3.8, 4) is 0 Å². The van der Waals surface area contributed by atoms with Crippen LogP contribution in [0.3, 0.4) is 0 Å². The Balaban J connectivity index is 0.000000231. The maximum absolute atomic E-state index is 9.15. The average molecular weight is 615 g/mol. The molecule has 0 radical (unpaired) electrons. The van der Waals surface area contributed by atoms with Crippen LogP contribution in [0.2, 0.25) is 0 Å². The topological polar surface area (TPSA) is 77.9 Å². The van der Waals surface area contributed by atoms with Crippen LogP contribution in [0.25, 0.3) is 0 Å². The molecule has 0 saturated carbocycles. The third-order valence-corrected chi connectivity index (χ3v) is 6.78. The first-order chi connectivity index (χ1) is 22.3. The highest BCUT2D eigenvalue weighted by molar-refractivity contribution is 5.18. The number of rotatable bonds is 18. The van der Waals surface area contributed by atoms with E-state index >= 15 is 0 Å². The molecule has 242 valence electrons.